The zero-order valence-electron chi connectivity index (χ0n) is 17.8. The molecule has 4 rings (SSSR count). The van der Waals surface area contributed by atoms with Crippen LogP contribution in [0.5, 0.6) is 0 Å². The van der Waals surface area contributed by atoms with Crippen LogP contribution in [0.3, 0.4) is 0 Å². The van der Waals surface area contributed by atoms with Gasteiger partial charge in [-0.1, -0.05) is 12.1 Å². The van der Waals surface area contributed by atoms with Crippen molar-refractivity contribution in [3.05, 3.63) is 80.6 Å². The maximum absolute atomic E-state index is 13.0. The summed E-state index contributed by atoms with van der Waals surface area (Å²) in [6, 6.07) is 9.95. The number of carbonyl (C=O) groups is 1. The van der Waals surface area contributed by atoms with Gasteiger partial charge >= 0.3 is 5.63 Å². The van der Waals surface area contributed by atoms with E-state index in [0.29, 0.717) is 36.1 Å². The van der Waals surface area contributed by atoms with Gasteiger partial charge in [0.15, 0.2) is 0 Å². The molecule has 5 nitrogen and oxygen atoms in total. The highest BCUT2D eigenvalue weighted by Gasteiger charge is 2.16. The molecule has 2 heterocycles. The molecule has 6 heteroatoms. The average Bonchev–Trinajstić information content (AvgIpc) is 3.01. The number of nitrogens with one attached hydrogen (secondary N) is 1. The predicted octanol–water partition coefficient (Wildman–Crippen LogP) is 4.90. The molecule has 4 aromatic rings. The lowest BCUT2D eigenvalue weighted by Crippen LogP contribution is -2.26. The molecular formula is C25H24FNO4. The molecule has 31 heavy (non-hydrogen) atoms. The lowest BCUT2D eigenvalue weighted by atomic mass is 10.0. The summed E-state index contributed by atoms with van der Waals surface area (Å²) < 4.78 is 24.2. The minimum Gasteiger partial charge on any atom is -0.461 e. The molecule has 0 fully saturated rings. The Hall–Kier alpha value is -3.41. The number of halogens is 1. The number of aryl methyl sites for hydroxylation is 3. The van der Waals surface area contributed by atoms with Crippen molar-refractivity contribution in [2.24, 2.45) is 0 Å². The molecule has 0 aliphatic rings. The number of fused-ring (bicyclic) bond motifs is 2. The van der Waals surface area contributed by atoms with Gasteiger partial charge in [0.25, 0.3) is 0 Å². The largest absolute Gasteiger partial charge is 0.461 e. The second-order valence-corrected chi connectivity index (χ2v) is 7.85. The fraction of sp³-hybridized carbons (Fsp3) is 0.280. The van der Waals surface area contributed by atoms with E-state index in [1.165, 1.54) is 12.1 Å². The first-order valence-corrected chi connectivity index (χ1v) is 10.3. The van der Waals surface area contributed by atoms with Gasteiger partial charge in [0.05, 0.1) is 0 Å². The van der Waals surface area contributed by atoms with Gasteiger partial charge in [-0.25, -0.2) is 9.18 Å². The Kier molecular flexibility index (Phi) is 5.63. The molecular weight excluding hydrogens is 397 g/mol. The van der Waals surface area contributed by atoms with Crippen LogP contribution in [-0.2, 0) is 17.6 Å². The predicted molar refractivity (Wildman–Crippen MR) is 118 cm³/mol. The van der Waals surface area contributed by atoms with Crippen LogP contribution in [0, 0.1) is 26.6 Å². The molecule has 2 aromatic heterocycles. The summed E-state index contributed by atoms with van der Waals surface area (Å²) in [5.41, 5.74) is 4.09. The highest BCUT2D eigenvalue weighted by atomic mass is 19.1. The number of rotatable bonds is 6. The second-order valence-electron chi connectivity index (χ2n) is 7.85. The van der Waals surface area contributed by atoms with Gasteiger partial charge in [0, 0.05) is 35.4 Å². The summed E-state index contributed by atoms with van der Waals surface area (Å²) in [5.74, 6) is 0.414. The summed E-state index contributed by atoms with van der Waals surface area (Å²) in [5, 5.41) is 4.69. The molecule has 0 bridgehead atoms. The van der Waals surface area contributed by atoms with E-state index in [0.717, 1.165) is 33.2 Å². The highest BCUT2D eigenvalue weighted by molar-refractivity contribution is 5.96. The first-order chi connectivity index (χ1) is 14.8. The van der Waals surface area contributed by atoms with E-state index in [-0.39, 0.29) is 18.1 Å². The molecule has 0 aliphatic heterocycles. The Morgan fingerprint density at radius 2 is 1.61 bits per heavy atom. The van der Waals surface area contributed by atoms with Crippen molar-refractivity contribution in [3.8, 4) is 0 Å². The summed E-state index contributed by atoms with van der Waals surface area (Å²) in [7, 11) is 0. The lowest BCUT2D eigenvalue weighted by molar-refractivity contribution is -0.121. The van der Waals surface area contributed by atoms with Crippen LogP contribution in [-0.4, -0.2) is 12.5 Å². The van der Waals surface area contributed by atoms with E-state index in [2.05, 4.69) is 5.32 Å². The summed E-state index contributed by atoms with van der Waals surface area (Å²) in [6.45, 7) is 6.24. The quantitative estimate of drug-likeness (QED) is 0.450. The van der Waals surface area contributed by atoms with Crippen molar-refractivity contribution in [3.63, 3.8) is 0 Å². The van der Waals surface area contributed by atoms with Crippen LogP contribution in [0.2, 0.25) is 0 Å². The normalized spacial score (nSPS) is 11.4. The Bertz CT molecular complexity index is 1330. The van der Waals surface area contributed by atoms with Crippen LogP contribution < -0.4 is 10.9 Å². The summed E-state index contributed by atoms with van der Waals surface area (Å²) in [6.07, 6.45) is 1.10. The lowest BCUT2D eigenvalue weighted by Gasteiger charge is -2.09. The minimum atomic E-state index is -0.427. The summed E-state index contributed by atoms with van der Waals surface area (Å²) in [4.78, 5) is 24.8. The number of hydrogen-bond acceptors (Lipinski definition) is 4. The van der Waals surface area contributed by atoms with Gasteiger partial charge in [0.2, 0.25) is 5.91 Å². The zero-order chi connectivity index (χ0) is 22.1. The van der Waals surface area contributed by atoms with E-state index in [1.807, 2.05) is 26.8 Å². The van der Waals surface area contributed by atoms with Crippen molar-refractivity contribution in [1.82, 2.24) is 5.32 Å². The molecule has 160 valence electrons. The molecule has 1 N–H and O–H groups in total. The average molecular weight is 421 g/mol. The van der Waals surface area contributed by atoms with Crippen LogP contribution >= 0.6 is 0 Å². The molecule has 0 spiro atoms. The van der Waals surface area contributed by atoms with Gasteiger partial charge in [-0.15, -0.1) is 0 Å². The third-order valence-corrected chi connectivity index (χ3v) is 5.83. The minimum absolute atomic E-state index is 0.141. The fourth-order valence-corrected chi connectivity index (χ4v) is 3.84. The van der Waals surface area contributed by atoms with E-state index in [1.54, 1.807) is 18.2 Å². The number of carbonyl (C=O) groups excluding carboxylic acids is 1. The van der Waals surface area contributed by atoms with Gasteiger partial charge in [-0.05, 0) is 68.5 Å². The molecule has 2 aromatic carbocycles. The number of amides is 1. The molecule has 0 saturated heterocycles. The molecule has 0 unspecified atom stereocenters. The topological polar surface area (TPSA) is 72.5 Å². The highest BCUT2D eigenvalue weighted by Crippen LogP contribution is 2.31. The van der Waals surface area contributed by atoms with Crippen LogP contribution in [0.1, 0.15) is 34.4 Å². The van der Waals surface area contributed by atoms with Crippen LogP contribution in [0.25, 0.3) is 21.9 Å². The van der Waals surface area contributed by atoms with Crippen molar-refractivity contribution in [2.75, 3.05) is 6.54 Å². The van der Waals surface area contributed by atoms with Gasteiger partial charge in [0.1, 0.15) is 22.7 Å². The molecule has 0 saturated carbocycles. The first kappa shape index (κ1) is 20.8. The monoisotopic (exact) mass is 421 g/mol. The Morgan fingerprint density at radius 3 is 2.35 bits per heavy atom. The maximum Gasteiger partial charge on any atom is 0.339 e. The molecule has 0 atom stereocenters. The second kappa shape index (κ2) is 8.38. The SMILES string of the molecule is Cc1oc2cc3oc(=O)c(CCC(=O)NCCc4ccc(F)cc4)c(C)c3cc2c1C. The van der Waals surface area contributed by atoms with Crippen molar-refractivity contribution < 1.29 is 18.0 Å². The van der Waals surface area contributed by atoms with Crippen molar-refractivity contribution in [1.29, 1.82) is 0 Å². The Balaban J connectivity index is 1.46. The number of benzene rings is 2. The van der Waals surface area contributed by atoms with E-state index in [4.69, 9.17) is 8.83 Å². The first-order valence-electron chi connectivity index (χ1n) is 10.3. The van der Waals surface area contributed by atoms with Gasteiger partial charge in [-0.2, -0.15) is 0 Å². The Morgan fingerprint density at radius 1 is 0.935 bits per heavy atom. The third-order valence-electron chi connectivity index (χ3n) is 5.83. The standard InChI is InChI=1S/C25H24FNO4/c1-14-16(3)30-22-13-23-21(12-20(14)22)15(2)19(25(29)31-23)8-9-24(28)27-11-10-17-4-6-18(26)7-5-17/h4-7,12-13H,8-11H2,1-3H3,(H,27,28). The van der Waals surface area contributed by atoms with Gasteiger partial charge in [-0.3, -0.25) is 4.79 Å². The third kappa shape index (κ3) is 4.24. The zero-order valence-corrected chi connectivity index (χ0v) is 17.8. The fourth-order valence-electron chi connectivity index (χ4n) is 3.84. The number of hydrogen-bond donors (Lipinski definition) is 1. The van der Waals surface area contributed by atoms with Crippen molar-refractivity contribution >= 4 is 27.8 Å². The molecule has 0 radical (unpaired) electrons. The van der Waals surface area contributed by atoms with E-state index in [9.17, 15) is 14.0 Å². The smallest absolute Gasteiger partial charge is 0.339 e. The van der Waals surface area contributed by atoms with Gasteiger partial charge < -0.3 is 14.2 Å². The van der Waals surface area contributed by atoms with Crippen molar-refractivity contribution in [2.45, 2.75) is 40.0 Å². The van der Waals surface area contributed by atoms with Crippen LogP contribution in [0.4, 0.5) is 4.39 Å². The van der Waals surface area contributed by atoms with Crippen LogP contribution in [0.15, 0.2) is 50.0 Å². The van der Waals surface area contributed by atoms with E-state index >= 15 is 0 Å². The molecule has 1 amide bonds. The summed E-state index contributed by atoms with van der Waals surface area (Å²) >= 11 is 0. The number of furan rings is 1. The maximum atomic E-state index is 13.0. The Labute approximate surface area is 178 Å². The van der Waals surface area contributed by atoms with E-state index < -0.39 is 5.63 Å². The molecule has 0 aliphatic carbocycles.